The molecule has 0 unspecified atom stereocenters. The second-order valence-corrected chi connectivity index (χ2v) is 6.75. The topological polar surface area (TPSA) is 50.4 Å². The number of aromatic hydroxyl groups is 1. The molecule has 5 heteroatoms. The third-order valence-electron chi connectivity index (χ3n) is 3.91. The van der Waals surface area contributed by atoms with Gasteiger partial charge < -0.3 is 9.84 Å². The van der Waals surface area contributed by atoms with Gasteiger partial charge >= 0.3 is 11.8 Å². The molecule has 2 aromatic rings. The summed E-state index contributed by atoms with van der Waals surface area (Å²) in [6.07, 6.45) is 2.29. The van der Waals surface area contributed by atoms with E-state index >= 15 is 0 Å². The van der Waals surface area contributed by atoms with Gasteiger partial charge in [0.05, 0.1) is 12.0 Å². The third kappa shape index (κ3) is 2.04. The minimum Gasteiger partial charge on any atom is -0.461 e. The van der Waals surface area contributed by atoms with Crippen molar-refractivity contribution in [2.75, 3.05) is 6.61 Å². The van der Waals surface area contributed by atoms with E-state index in [9.17, 15) is 9.90 Å². The first-order valence-corrected chi connectivity index (χ1v) is 7.96. The van der Waals surface area contributed by atoms with Crippen LogP contribution < -0.4 is 4.57 Å². The van der Waals surface area contributed by atoms with Crippen LogP contribution in [0.25, 0.3) is 5.69 Å². The van der Waals surface area contributed by atoms with E-state index in [0.717, 1.165) is 16.3 Å². The Morgan fingerprint density at radius 3 is 2.91 bits per heavy atom. The van der Waals surface area contributed by atoms with Gasteiger partial charge in [0.15, 0.2) is 0 Å². The predicted octanol–water partition coefficient (Wildman–Crippen LogP) is 3.10. The Hall–Kier alpha value is -2.14. The van der Waals surface area contributed by atoms with Crippen LogP contribution in [0.3, 0.4) is 0 Å². The van der Waals surface area contributed by atoms with Crippen LogP contribution >= 0.6 is 11.3 Å². The largest absolute Gasteiger partial charge is 0.461 e. The lowest BCUT2D eigenvalue weighted by molar-refractivity contribution is -0.602. The first-order chi connectivity index (χ1) is 10.5. The predicted molar refractivity (Wildman–Crippen MR) is 84.7 cm³/mol. The van der Waals surface area contributed by atoms with Gasteiger partial charge in [0.1, 0.15) is 0 Å². The molecule has 0 amide bonds. The summed E-state index contributed by atoms with van der Waals surface area (Å²) in [5, 5.41) is 11.4. The lowest BCUT2D eigenvalue weighted by Crippen LogP contribution is -2.31. The number of esters is 1. The van der Waals surface area contributed by atoms with Crippen LogP contribution in [0.15, 0.2) is 36.9 Å². The van der Waals surface area contributed by atoms with E-state index in [1.165, 1.54) is 11.3 Å². The molecule has 0 spiro atoms. The Bertz CT molecular complexity index is 761. The van der Waals surface area contributed by atoms with Gasteiger partial charge in [-0.1, -0.05) is 35.6 Å². The molecule has 1 aliphatic rings. The van der Waals surface area contributed by atoms with E-state index in [4.69, 9.17) is 4.74 Å². The van der Waals surface area contributed by atoms with Crippen molar-refractivity contribution in [1.29, 1.82) is 0 Å². The molecule has 22 heavy (non-hydrogen) atoms. The summed E-state index contributed by atoms with van der Waals surface area (Å²) >= 11 is 1.29. The summed E-state index contributed by atoms with van der Waals surface area (Å²) in [4.78, 5) is 12.4. The minimum absolute atomic E-state index is 0.0402. The number of rotatable bonds is 4. The Balaban J connectivity index is 2.04. The normalized spacial score (nSPS) is 14.3. The molecule has 3 rings (SSSR count). The van der Waals surface area contributed by atoms with Crippen LogP contribution in [0, 0.1) is 0 Å². The molecule has 0 bridgehead atoms. The summed E-state index contributed by atoms with van der Waals surface area (Å²) in [5.74, 6) is -0.527. The van der Waals surface area contributed by atoms with Gasteiger partial charge in [0.25, 0.3) is 5.01 Å². The summed E-state index contributed by atoms with van der Waals surface area (Å²) in [6.45, 7) is 8.04. The highest BCUT2D eigenvalue weighted by atomic mass is 32.1. The van der Waals surface area contributed by atoms with Crippen LogP contribution in [-0.4, -0.2) is 17.7 Å². The standard InChI is InChI=1S/C17H17NO3S/c1-4-5-10-21-15(20)13-14(19)18-12-9-7-6-8-11(12)17(2,3)16(18)22-13/h4,6-9H,1,5,10H2,2-3H3/p+1. The highest BCUT2D eigenvalue weighted by Gasteiger charge is 2.50. The number of thiazole rings is 1. The van der Waals surface area contributed by atoms with Crippen molar-refractivity contribution >= 4 is 17.3 Å². The van der Waals surface area contributed by atoms with Gasteiger partial charge in [-0.25, -0.2) is 4.79 Å². The third-order valence-corrected chi connectivity index (χ3v) is 5.35. The van der Waals surface area contributed by atoms with Crippen molar-refractivity contribution in [2.45, 2.75) is 25.7 Å². The van der Waals surface area contributed by atoms with Crippen molar-refractivity contribution in [3.8, 4) is 11.6 Å². The average Bonchev–Trinajstić information content (AvgIpc) is 2.95. The Kier molecular flexibility index (Phi) is 3.53. The van der Waals surface area contributed by atoms with Crippen molar-refractivity contribution < 1.29 is 19.2 Å². The van der Waals surface area contributed by atoms with Gasteiger partial charge in [-0.2, -0.15) is 0 Å². The molecule has 0 saturated carbocycles. The van der Waals surface area contributed by atoms with Crippen LogP contribution in [-0.2, 0) is 10.2 Å². The second-order valence-electron chi connectivity index (χ2n) is 5.75. The van der Waals surface area contributed by atoms with E-state index in [-0.39, 0.29) is 22.8 Å². The lowest BCUT2D eigenvalue weighted by atomic mass is 9.87. The van der Waals surface area contributed by atoms with Crippen molar-refractivity contribution in [2.24, 2.45) is 0 Å². The van der Waals surface area contributed by atoms with E-state index < -0.39 is 5.97 Å². The number of nitrogens with zero attached hydrogens (tertiary/aromatic N) is 1. The maximum Gasteiger partial charge on any atom is 0.398 e. The minimum atomic E-state index is -0.487. The Morgan fingerprint density at radius 2 is 2.18 bits per heavy atom. The monoisotopic (exact) mass is 316 g/mol. The number of aromatic nitrogens is 1. The molecule has 0 aliphatic carbocycles. The fourth-order valence-corrected chi connectivity index (χ4v) is 3.92. The molecule has 1 aromatic carbocycles. The smallest absolute Gasteiger partial charge is 0.398 e. The molecule has 4 nitrogen and oxygen atoms in total. The van der Waals surface area contributed by atoms with Gasteiger partial charge in [0, 0.05) is 11.6 Å². The van der Waals surface area contributed by atoms with Crippen molar-refractivity contribution in [3.63, 3.8) is 0 Å². The zero-order chi connectivity index (χ0) is 15.9. The number of carbonyl (C=O) groups is 1. The molecule has 0 fully saturated rings. The van der Waals surface area contributed by atoms with Crippen LogP contribution in [0.2, 0.25) is 0 Å². The van der Waals surface area contributed by atoms with Crippen LogP contribution in [0.4, 0.5) is 0 Å². The molecule has 114 valence electrons. The van der Waals surface area contributed by atoms with Gasteiger partial charge in [0.2, 0.25) is 10.6 Å². The van der Waals surface area contributed by atoms with Crippen molar-refractivity contribution in [1.82, 2.24) is 0 Å². The van der Waals surface area contributed by atoms with E-state index in [1.807, 2.05) is 18.2 Å². The maximum atomic E-state index is 12.1. The molecule has 1 aromatic heterocycles. The first-order valence-electron chi connectivity index (χ1n) is 7.14. The quantitative estimate of drug-likeness (QED) is 0.408. The number of carbonyl (C=O) groups excluding carboxylic acids is 1. The van der Waals surface area contributed by atoms with E-state index in [1.54, 1.807) is 10.6 Å². The molecule has 0 atom stereocenters. The Morgan fingerprint density at radius 1 is 1.45 bits per heavy atom. The zero-order valence-electron chi connectivity index (χ0n) is 12.6. The number of para-hydroxylation sites is 1. The molecule has 2 heterocycles. The average molecular weight is 316 g/mol. The lowest BCUT2D eigenvalue weighted by Gasteiger charge is -2.11. The summed E-state index contributed by atoms with van der Waals surface area (Å²) in [7, 11) is 0. The van der Waals surface area contributed by atoms with Crippen LogP contribution in [0.5, 0.6) is 5.88 Å². The van der Waals surface area contributed by atoms with E-state index in [2.05, 4.69) is 26.5 Å². The number of fused-ring (bicyclic) bond motifs is 3. The highest BCUT2D eigenvalue weighted by molar-refractivity contribution is 7.13. The second kappa shape index (κ2) is 5.25. The van der Waals surface area contributed by atoms with Gasteiger partial charge in [-0.15, -0.1) is 11.1 Å². The Labute approximate surface area is 133 Å². The number of hydrogen-bond acceptors (Lipinski definition) is 4. The zero-order valence-corrected chi connectivity index (χ0v) is 13.4. The molecule has 0 saturated heterocycles. The fourth-order valence-electron chi connectivity index (χ4n) is 2.76. The molecular weight excluding hydrogens is 298 g/mol. The van der Waals surface area contributed by atoms with Gasteiger partial charge in [-0.3, -0.25) is 0 Å². The number of hydrogen-bond donors (Lipinski definition) is 1. The number of ether oxygens (including phenoxy) is 1. The first kappa shape index (κ1) is 14.8. The number of benzene rings is 1. The van der Waals surface area contributed by atoms with E-state index in [0.29, 0.717) is 6.42 Å². The molecular formula is C17H18NO3S+. The highest BCUT2D eigenvalue weighted by Crippen LogP contribution is 2.43. The summed E-state index contributed by atoms with van der Waals surface area (Å²) in [5.41, 5.74) is 1.81. The molecule has 1 aliphatic heterocycles. The summed E-state index contributed by atoms with van der Waals surface area (Å²) in [6, 6.07) is 7.92. The fraction of sp³-hybridized carbons (Fsp3) is 0.294. The maximum absolute atomic E-state index is 12.1. The van der Waals surface area contributed by atoms with Crippen molar-refractivity contribution in [3.05, 3.63) is 52.4 Å². The molecule has 0 radical (unpaired) electrons. The summed E-state index contributed by atoms with van der Waals surface area (Å²) < 4.78 is 6.92. The van der Waals surface area contributed by atoms with Crippen LogP contribution in [0.1, 0.15) is 40.5 Å². The SMILES string of the molecule is C=CCCOC(=O)c1sc2[n+](c1O)-c1ccccc1C2(C)C. The molecule has 1 N–H and O–H groups in total. The van der Waals surface area contributed by atoms with Gasteiger partial charge in [-0.05, 0) is 20.3 Å².